The van der Waals surface area contributed by atoms with Crippen molar-refractivity contribution in [1.29, 1.82) is 0 Å². The monoisotopic (exact) mass is 292 g/mol. The summed E-state index contributed by atoms with van der Waals surface area (Å²) >= 11 is 0. The van der Waals surface area contributed by atoms with Crippen LogP contribution in [0.15, 0.2) is 0 Å². The van der Waals surface area contributed by atoms with Gasteiger partial charge in [0.25, 0.3) is 0 Å². The topological polar surface area (TPSA) is 41.1 Å². The standard InChI is InChI=1S/C18H32N2O/c1-12-7-9-15(11-13(12)2)19-18(21)17-10-8-14-5-3-4-6-16(14)20-17/h12-17,20H,3-11H2,1-2H3,(H,19,21). The minimum atomic E-state index is 0.0685. The maximum Gasteiger partial charge on any atom is 0.237 e. The minimum absolute atomic E-state index is 0.0685. The van der Waals surface area contributed by atoms with Crippen molar-refractivity contribution >= 4 is 5.91 Å². The molecular weight excluding hydrogens is 260 g/mol. The lowest BCUT2D eigenvalue weighted by Crippen LogP contribution is -2.56. The molecule has 2 aliphatic carbocycles. The van der Waals surface area contributed by atoms with Crippen LogP contribution in [-0.2, 0) is 4.79 Å². The van der Waals surface area contributed by atoms with Crippen LogP contribution in [0, 0.1) is 17.8 Å². The first-order valence-electron chi connectivity index (χ1n) is 9.20. The van der Waals surface area contributed by atoms with E-state index < -0.39 is 0 Å². The quantitative estimate of drug-likeness (QED) is 0.820. The summed E-state index contributed by atoms with van der Waals surface area (Å²) in [6.07, 6.45) is 11.2. The second-order valence-electron chi connectivity index (χ2n) is 7.92. The molecule has 0 radical (unpaired) electrons. The Labute approximate surface area is 129 Å². The van der Waals surface area contributed by atoms with E-state index in [9.17, 15) is 4.79 Å². The van der Waals surface area contributed by atoms with Crippen molar-refractivity contribution in [1.82, 2.24) is 10.6 Å². The fourth-order valence-electron chi connectivity index (χ4n) is 4.68. The molecule has 3 fully saturated rings. The zero-order valence-electron chi connectivity index (χ0n) is 13.7. The molecule has 1 heterocycles. The Bertz CT molecular complexity index is 370. The normalized spacial score (nSPS) is 43.9. The van der Waals surface area contributed by atoms with Gasteiger partial charge in [-0.25, -0.2) is 0 Å². The minimum Gasteiger partial charge on any atom is -0.352 e. The summed E-state index contributed by atoms with van der Waals surface area (Å²) in [6, 6.07) is 1.09. The molecule has 6 unspecified atom stereocenters. The summed E-state index contributed by atoms with van der Waals surface area (Å²) in [5, 5.41) is 6.99. The fraction of sp³-hybridized carbons (Fsp3) is 0.944. The van der Waals surface area contributed by atoms with Gasteiger partial charge in [0.1, 0.15) is 0 Å². The van der Waals surface area contributed by atoms with Crippen LogP contribution in [0.2, 0.25) is 0 Å². The highest BCUT2D eigenvalue weighted by molar-refractivity contribution is 5.82. The predicted molar refractivity (Wildman–Crippen MR) is 86.0 cm³/mol. The molecule has 2 saturated carbocycles. The molecule has 3 aliphatic rings. The van der Waals surface area contributed by atoms with Crippen LogP contribution in [-0.4, -0.2) is 24.0 Å². The summed E-state index contributed by atoms with van der Waals surface area (Å²) in [5.74, 6) is 2.66. The molecule has 3 rings (SSSR count). The van der Waals surface area contributed by atoms with Gasteiger partial charge < -0.3 is 10.6 Å². The van der Waals surface area contributed by atoms with Gasteiger partial charge in [0.2, 0.25) is 5.91 Å². The van der Waals surface area contributed by atoms with Gasteiger partial charge in [-0.15, -0.1) is 0 Å². The SMILES string of the molecule is CC1CCC(NC(=O)C2CCC3CCCCC3N2)CC1C. The van der Waals surface area contributed by atoms with Crippen molar-refractivity contribution in [2.45, 2.75) is 89.8 Å². The van der Waals surface area contributed by atoms with Crippen LogP contribution in [0.3, 0.4) is 0 Å². The molecule has 3 heteroatoms. The number of hydrogen-bond donors (Lipinski definition) is 2. The van der Waals surface area contributed by atoms with Crippen molar-refractivity contribution < 1.29 is 4.79 Å². The van der Waals surface area contributed by atoms with Crippen molar-refractivity contribution in [2.24, 2.45) is 17.8 Å². The smallest absolute Gasteiger partial charge is 0.237 e. The highest BCUT2D eigenvalue weighted by atomic mass is 16.2. The number of fused-ring (bicyclic) bond motifs is 1. The third-order valence-electron chi connectivity index (χ3n) is 6.41. The summed E-state index contributed by atoms with van der Waals surface area (Å²) in [5.41, 5.74) is 0. The zero-order valence-corrected chi connectivity index (χ0v) is 13.7. The summed E-state index contributed by atoms with van der Waals surface area (Å²) in [6.45, 7) is 4.67. The van der Waals surface area contributed by atoms with Gasteiger partial charge in [-0.3, -0.25) is 4.79 Å². The summed E-state index contributed by atoms with van der Waals surface area (Å²) < 4.78 is 0. The number of hydrogen-bond acceptors (Lipinski definition) is 2. The van der Waals surface area contributed by atoms with Crippen molar-refractivity contribution in [2.75, 3.05) is 0 Å². The lowest BCUT2D eigenvalue weighted by Gasteiger charge is -2.40. The number of amides is 1. The molecular formula is C18H32N2O. The van der Waals surface area contributed by atoms with E-state index in [1.165, 1.54) is 38.5 Å². The maximum atomic E-state index is 12.6. The van der Waals surface area contributed by atoms with Gasteiger partial charge in [-0.2, -0.15) is 0 Å². The van der Waals surface area contributed by atoms with E-state index >= 15 is 0 Å². The van der Waals surface area contributed by atoms with Crippen molar-refractivity contribution in [3.63, 3.8) is 0 Å². The first kappa shape index (κ1) is 15.3. The van der Waals surface area contributed by atoms with Crippen molar-refractivity contribution in [3.8, 4) is 0 Å². The molecule has 120 valence electrons. The number of carbonyl (C=O) groups excluding carboxylic acids is 1. The Balaban J connectivity index is 1.49. The van der Waals surface area contributed by atoms with Gasteiger partial charge in [0.05, 0.1) is 6.04 Å². The lowest BCUT2D eigenvalue weighted by molar-refractivity contribution is -0.125. The summed E-state index contributed by atoms with van der Waals surface area (Å²) in [4.78, 5) is 12.6. The average molecular weight is 292 g/mol. The molecule has 0 aromatic heterocycles. The highest BCUT2D eigenvalue weighted by Gasteiger charge is 2.35. The molecule has 1 amide bonds. The van der Waals surface area contributed by atoms with E-state index in [1.54, 1.807) is 0 Å². The van der Waals surface area contributed by atoms with Crippen LogP contribution in [0.1, 0.15) is 71.6 Å². The molecule has 0 aromatic rings. The Morgan fingerprint density at radius 3 is 2.57 bits per heavy atom. The third kappa shape index (κ3) is 3.61. The van der Waals surface area contributed by atoms with Crippen LogP contribution >= 0.6 is 0 Å². The number of piperidine rings is 1. The number of carbonyl (C=O) groups is 1. The van der Waals surface area contributed by atoms with Crippen LogP contribution in [0.5, 0.6) is 0 Å². The Morgan fingerprint density at radius 2 is 1.76 bits per heavy atom. The van der Waals surface area contributed by atoms with E-state index in [2.05, 4.69) is 24.5 Å². The number of rotatable bonds is 2. The van der Waals surface area contributed by atoms with Gasteiger partial charge in [0, 0.05) is 12.1 Å². The Morgan fingerprint density at radius 1 is 0.952 bits per heavy atom. The number of nitrogens with one attached hydrogen (secondary N) is 2. The molecule has 0 spiro atoms. The van der Waals surface area contributed by atoms with Crippen LogP contribution in [0.25, 0.3) is 0 Å². The Hall–Kier alpha value is -0.570. The van der Waals surface area contributed by atoms with Gasteiger partial charge in [0.15, 0.2) is 0 Å². The average Bonchev–Trinajstić information content (AvgIpc) is 2.50. The summed E-state index contributed by atoms with van der Waals surface area (Å²) in [7, 11) is 0. The van der Waals surface area contributed by atoms with E-state index in [0.717, 1.165) is 37.0 Å². The van der Waals surface area contributed by atoms with E-state index in [4.69, 9.17) is 0 Å². The van der Waals surface area contributed by atoms with Crippen LogP contribution in [0.4, 0.5) is 0 Å². The van der Waals surface area contributed by atoms with E-state index in [1.807, 2.05) is 0 Å². The maximum absolute atomic E-state index is 12.6. The molecule has 1 aliphatic heterocycles. The lowest BCUT2D eigenvalue weighted by atomic mass is 9.77. The molecule has 0 aromatic carbocycles. The van der Waals surface area contributed by atoms with Gasteiger partial charge in [-0.1, -0.05) is 26.7 Å². The van der Waals surface area contributed by atoms with Crippen LogP contribution < -0.4 is 10.6 Å². The fourth-order valence-corrected chi connectivity index (χ4v) is 4.68. The molecule has 1 saturated heterocycles. The van der Waals surface area contributed by atoms with Gasteiger partial charge >= 0.3 is 0 Å². The molecule has 3 nitrogen and oxygen atoms in total. The zero-order chi connectivity index (χ0) is 14.8. The third-order valence-corrected chi connectivity index (χ3v) is 6.41. The van der Waals surface area contributed by atoms with Crippen molar-refractivity contribution in [3.05, 3.63) is 0 Å². The van der Waals surface area contributed by atoms with E-state index in [-0.39, 0.29) is 11.9 Å². The van der Waals surface area contributed by atoms with Gasteiger partial charge in [-0.05, 0) is 62.7 Å². The molecule has 0 bridgehead atoms. The molecule has 21 heavy (non-hydrogen) atoms. The second-order valence-corrected chi connectivity index (χ2v) is 7.92. The first-order chi connectivity index (χ1) is 10.1. The highest BCUT2D eigenvalue weighted by Crippen LogP contribution is 2.33. The molecule has 2 N–H and O–H groups in total. The second kappa shape index (κ2) is 6.68. The predicted octanol–water partition coefficient (Wildman–Crippen LogP) is 3.24. The Kier molecular flexibility index (Phi) is 4.88. The first-order valence-corrected chi connectivity index (χ1v) is 9.20. The molecule has 6 atom stereocenters. The van der Waals surface area contributed by atoms with E-state index in [0.29, 0.717) is 12.1 Å². The largest absolute Gasteiger partial charge is 0.352 e.